The molecule has 2 aromatic heterocycles. The predicted octanol–water partition coefficient (Wildman–Crippen LogP) is 3.24. The monoisotopic (exact) mass is 431 g/mol. The Morgan fingerprint density at radius 3 is 2.72 bits per heavy atom. The van der Waals surface area contributed by atoms with Gasteiger partial charge in [-0.1, -0.05) is 30.3 Å². The highest BCUT2D eigenvalue weighted by atomic mass is 32.2. The van der Waals surface area contributed by atoms with Gasteiger partial charge in [0.25, 0.3) is 5.56 Å². The van der Waals surface area contributed by atoms with Crippen molar-refractivity contribution in [1.29, 1.82) is 0 Å². The number of thioether (sulfide) groups is 1. The van der Waals surface area contributed by atoms with E-state index in [1.165, 1.54) is 23.1 Å². The third-order valence-electron chi connectivity index (χ3n) is 4.80. The summed E-state index contributed by atoms with van der Waals surface area (Å²) in [5.41, 5.74) is 1.87. The number of rotatable bonds is 8. The van der Waals surface area contributed by atoms with Crippen LogP contribution in [0.5, 0.6) is 0 Å². The zero-order chi connectivity index (χ0) is 21.0. The van der Waals surface area contributed by atoms with Gasteiger partial charge in [-0.25, -0.2) is 4.98 Å². The molecule has 2 N–H and O–H groups in total. The number of hydrogen-bond acceptors (Lipinski definition) is 6. The summed E-state index contributed by atoms with van der Waals surface area (Å²) in [4.78, 5) is 36.2. The zero-order valence-corrected chi connectivity index (χ0v) is 18.4. The molecule has 0 unspecified atom stereocenters. The number of H-pyrrole nitrogens is 1. The Morgan fingerprint density at radius 1 is 1.31 bits per heavy atom. The molecule has 29 heavy (non-hydrogen) atoms. The number of aromatic nitrogens is 2. The molecule has 6 nitrogen and oxygen atoms in total. The number of nitrogens with one attached hydrogen (secondary N) is 1. The SMILES string of the molecule is Cc1sc2nc(CS[C@@H](C)C(=O)N(CCO)Cc3ccccc3)[nH]c(=O)c2c1C. The number of nitrogens with zero attached hydrogens (tertiary/aromatic N) is 2. The average Bonchev–Trinajstić information content (AvgIpc) is 3.00. The van der Waals surface area contributed by atoms with Crippen LogP contribution in [0.4, 0.5) is 0 Å². The fourth-order valence-electron chi connectivity index (χ4n) is 3.09. The number of benzene rings is 1. The Bertz CT molecular complexity index is 1050. The van der Waals surface area contributed by atoms with E-state index >= 15 is 0 Å². The van der Waals surface area contributed by atoms with Crippen LogP contribution in [-0.2, 0) is 17.1 Å². The summed E-state index contributed by atoms with van der Waals surface area (Å²) in [5.74, 6) is 0.969. The summed E-state index contributed by atoms with van der Waals surface area (Å²) in [7, 11) is 0. The lowest BCUT2D eigenvalue weighted by Gasteiger charge is -2.25. The highest BCUT2D eigenvalue weighted by Crippen LogP contribution is 2.26. The summed E-state index contributed by atoms with van der Waals surface area (Å²) in [5, 5.41) is 9.69. The molecule has 0 fully saturated rings. The molecular formula is C21H25N3O3S2. The molecule has 2 heterocycles. The third kappa shape index (κ3) is 5.07. The summed E-state index contributed by atoms with van der Waals surface area (Å²) in [6.45, 7) is 6.42. The molecule has 0 spiro atoms. The Balaban J connectivity index is 1.68. The standard InChI is InChI=1S/C21H25N3O3S2/c1-13-14(2)29-20-18(13)19(26)22-17(23-20)12-28-15(3)21(27)24(9-10-25)11-16-7-5-4-6-8-16/h4-8,15,25H,9-12H2,1-3H3,(H,22,23,26)/t15-/m0/s1. The van der Waals surface area contributed by atoms with Gasteiger partial charge in [0.2, 0.25) is 5.91 Å². The van der Waals surface area contributed by atoms with Crippen molar-refractivity contribution in [1.82, 2.24) is 14.9 Å². The van der Waals surface area contributed by atoms with Crippen molar-refractivity contribution in [3.05, 3.63) is 62.5 Å². The lowest BCUT2D eigenvalue weighted by Crippen LogP contribution is -2.38. The first-order valence-electron chi connectivity index (χ1n) is 9.44. The fraction of sp³-hybridized carbons (Fsp3) is 0.381. The van der Waals surface area contributed by atoms with Crippen molar-refractivity contribution < 1.29 is 9.90 Å². The number of hydrogen-bond donors (Lipinski definition) is 2. The van der Waals surface area contributed by atoms with E-state index in [0.29, 0.717) is 23.5 Å². The first-order valence-corrected chi connectivity index (χ1v) is 11.3. The van der Waals surface area contributed by atoms with Gasteiger partial charge in [0.05, 0.1) is 23.0 Å². The number of carbonyl (C=O) groups is 1. The number of thiophene rings is 1. The minimum absolute atomic E-state index is 0.0425. The highest BCUT2D eigenvalue weighted by Gasteiger charge is 2.21. The molecule has 0 aliphatic rings. The first-order chi connectivity index (χ1) is 13.9. The van der Waals surface area contributed by atoms with E-state index in [1.54, 1.807) is 4.90 Å². The van der Waals surface area contributed by atoms with Gasteiger partial charge in [0.15, 0.2) is 0 Å². The van der Waals surface area contributed by atoms with Crippen molar-refractivity contribution in [2.75, 3.05) is 13.2 Å². The molecule has 0 saturated heterocycles. The van der Waals surface area contributed by atoms with Crippen LogP contribution < -0.4 is 5.56 Å². The number of aromatic amines is 1. The molecule has 1 amide bonds. The predicted molar refractivity (Wildman–Crippen MR) is 119 cm³/mol. The van der Waals surface area contributed by atoms with Gasteiger partial charge >= 0.3 is 0 Å². The number of aryl methyl sites for hydroxylation is 2. The molecule has 1 aromatic carbocycles. The van der Waals surface area contributed by atoms with Crippen molar-refractivity contribution in [3.8, 4) is 0 Å². The van der Waals surface area contributed by atoms with Crippen LogP contribution in [0.15, 0.2) is 35.1 Å². The van der Waals surface area contributed by atoms with Gasteiger partial charge in [-0.15, -0.1) is 23.1 Å². The molecule has 3 rings (SSSR count). The fourth-order valence-corrected chi connectivity index (χ4v) is 4.98. The largest absolute Gasteiger partial charge is 0.395 e. The lowest BCUT2D eigenvalue weighted by atomic mass is 10.2. The highest BCUT2D eigenvalue weighted by molar-refractivity contribution is 7.99. The Hall–Kier alpha value is -2.16. The van der Waals surface area contributed by atoms with E-state index in [1.807, 2.05) is 51.1 Å². The number of fused-ring (bicyclic) bond motifs is 1. The van der Waals surface area contributed by atoms with Crippen molar-refractivity contribution in [3.63, 3.8) is 0 Å². The van der Waals surface area contributed by atoms with Crippen LogP contribution in [-0.4, -0.2) is 44.3 Å². The normalized spacial score (nSPS) is 12.3. The Morgan fingerprint density at radius 2 is 2.03 bits per heavy atom. The lowest BCUT2D eigenvalue weighted by molar-refractivity contribution is -0.131. The second-order valence-corrected chi connectivity index (χ2v) is 9.43. The van der Waals surface area contributed by atoms with E-state index in [0.717, 1.165) is 20.8 Å². The summed E-state index contributed by atoms with van der Waals surface area (Å²) in [6, 6.07) is 9.72. The quantitative estimate of drug-likeness (QED) is 0.572. The van der Waals surface area contributed by atoms with Crippen LogP contribution >= 0.6 is 23.1 Å². The number of aliphatic hydroxyl groups is 1. The van der Waals surface area contributed by atoms with Crippen molar-refractivity contribution in [2.45, 2.75) is 38.3 Å². The molecule has 0 aliphatic heterocycles. The molecule has 8 heteroatoms. The van der Waals surface area contributed by atoms with Crippen LogP contribution in [0.25, 0.3) is 10.2 Å². The van der Waals surface area contributed by atoms with Crippen molar-refractivity contribution in [2.24, 2.45) is 0 Å². The zero-order valence-electron chi connectivity index (χ0n) is 16.8. The number of amides is 1. The first kappa shape index (κ1) is 21.5. The second-order valence-electron chi connectivity index (χ2n) is 6.90. The Kier molecular flexibility index (Phi) is 7.10. The molecular weight excluding hydrogens is 406 g/mol. The molecule has 0 saturated carbocycles. The van der Waals surface area contributed by atoms with E-state index in [9.17, 15) is 14.7 Å². The van der Waals surface area contributed by atoms with Crippen LogP contribution in [0.3, 0.4) is 0 Å². The van der Waals surface area contributed by atoms with E-state index in [-0.39, 0.29) is 29.9 Å². The van der Waals surface area contributed by atoms with Crippen molar-refractivity contribution >= 4 is 39.2 Å². The van der Waals surface area contributed by atoms with Gasteiger partial charge in [-0.2, -0.15) is 0 Å². The van der Waals surface area contributed by atoms with Gasteiger partial charge < -0.3 is 15.0 Å². The van der Waals surface area contributed by atoms with E-state index in [2.05, 4.69) is 9.97 Å². The van der Waals surface area contributed by atoms with Crippen LogP contribution in [0, 0.1) is 13.8 Å². The Labute approximate surface area is 178 Å². The van der Waals surface area contributed by atoms with E-state index in [4.69, 9.17) is 0 Å². The minimum atomic E-state index is -0.321. The minimum Gasteiger partial charge on any atom is -0.395 e. The molecule has 0 radical (unpaired) electrons. The second kappa shape index (κ2) is 9.56. The smallest absolute Gasteiger partial charge is 0.259 e. The van der Waals surface area contributed by atoms with E-state index < -0.39 is 0 Å². The number of carbonyl (C=O) groups excluding carboxylic acids is 1. The molecule has 0 bridgehead atoms. The summed E-state index contributed by atoms with van der Waals surface area (Å²) < 4.78 is 0. The topological polar surface area (TPSA) is 86.3 Å². The summed E-state index contributed by atoms with van der Waals surface area (Å²) in [6.07, 6.45) is 0. The van der Waals surface area contributed by atoms with Gasteiger partial charge in [-0.3, -0.25) is 9.59 Å². The molecule has 0 aliphatic carbocycles. The average molecular weight is 432 g/mol. The van der Waals surface area contributed by atoms with Crippen LogP contribution in [0.1, 0.15) is 28.8 Å². The maximum absolute atomic E-state index is 12.9. The van der Waals surface area contributed by atoms with Gasteiger partial charge in [0.1, 0.15) is 10.7 Å². The van der Waals surface area contributed by atoms with Crippen LogP contribution in [0.2, 0.25) is 0 Å². The molecule has 154 valence electrons. The maximum atomic E-state index is 12.9. The third-order valence-corrected chi connectivity index (χ3v) is 7.05. The molecule has 3 aromatic rings. The molecule has 1 atom stereocenters. The van der Waals surface area contributed by atoms with Gasteiger partial charge in [-0.05, 0) is 31.9 Å². The maximum Gasteiger partial charge on any atom is 0.259 e. The van der Waals surface area contributed by atoms with Gasteiger partial charge in [0, 0.05) is 18.0 Å². The number of aliphatic hydroxyl groups excluding tert-OH is 1. The summed E-state index contributed by atoms with van der Waals surface area (Å²) >= 11 is 2.95.